The van der Waals surface area contributed by atoms with Gasteiger partial charge in [0.15, 0.2) is 11.7 Å². The predicted molar refractivity (Wildman–Crippen MR) is 116 cm³/mol. The van der Waals surface area contributed by atoms with Crippen molar-refractivity contribution in [3.8, 4) is 0 Å². The van der Waals surface area contributed by atoms with Gasteiger partial charge in [-0.3, -0.25) is 4.90 Å². The molecule has 1 aliphatic carbocycles. The Kier molecular flexibility index (Phi) is 8.36. The maximum Gasteiger partial charge on any atom is 0.191 e. The molecule has 1 saturated heterocycles. The molecule has 2 heterocycles. The molecule has 7 heteroatoms. The van der Waals surface area contributed by atoms with Gasteiger partial charge in [0.05, 0.1) is 18.9 Å². The molecule has 1 aliphatic heterocycles. The van der Waals surface area contributed by atoms with Crippen LogP contribution in [0.15, 0.2) is 15.6 Å². The van der Waals surface area contributed by atoms with Gasteiger partial charge in [-0.1, -0.05) is 38.3 Å². The Morgan fingerprint density at radius 3 is 2.62 bits per heavy atom. The van der Waals surface area contributed by atoms with Crippen molar-refractivity contribution >= 4 is 5.96 Å². The van der Waals surface area contributed by atoms with Gasteiger partial charge < -0.3 is 19.9 Å². The van der Waals surface area contributed by atoms with Crippen LogP contribution in [-0.4, -0.2) is 62.0 Å². The van der Waals surface area contributed by atoms with Crippen LogP contribution in [0.5, 0.6) is 0 Å². The van der Waals surface area contributed by atoms with Gasteiger partial charge in [-0.15, -0.1) is 0 Å². The van der Waals surface area contributed by atoms with Crippen LogP contribution in [0.2, 0.25) is 0 Å². The Bertz CT molecular complexity index is 631. The first-order valence-corrected chi connectivity index (χ1v) is 11.4. The molecule has 3 rings (SSSR count). The van der Waals surface area contributed by atoms with Crippen molar-refractivity contribution in [3.05, 3.63) is 17.5 Å². The number of morpholine rings is 1. The van der Waals surface area contributed by atoms with Gasteiger partial charge in [-0.05, 0) is 25.7 Å². The van der Waals surface area contributed by atoms with Gasteiger partial charge in [-0.25, -0.2) is 4.99 Å². The number of ether oxygens (including phenoxy) is 1. The molecule has 0 radical (unpaired) electrons. The molecule has 1 aromatic heterocycles. The van der Waals surface area contributed by atoms with E-state index in [4.69, 9.17) is 14.3 Å². The normalized spacial score (nSPS) is 20.8. The minimum Gasteiger partial charge on any atom is -0.379 e. The fourth-order valence-electron chi connectivity index (χ4n) is 4.37. The SMILES string of the molecule is CCNC(=NCc1cc(C(C)C)no1)NCC1(CN2CCOCC2)CCCCC1. The van der Waals surface area contributed by atoms with Gasteiger partial charge in [0, 0.05) is 44.2 Å². The molecule has 2 aliphatic rings. The maximum absolute atomic E-state index is 5.54. The van der Waals surface area contributed by atoms with Crippen LogP contribution in [0, 0.1) is 5.41 Å². The Morgan fingerprint density at radius 2 is 1.97 bits per heavy atom. The lowest BCUT2D eigenvalue weighted by molar-refractivity contribution is 0.00820. The van der Waals surface area contributed by atoms with E-state index in [1.165, 1.54) is 32.1 Å². The quantitative estimate of drug-likeness (QED) is 0.511. The predicted octanol–water partition coefficient (Wildman–Crippen LogP) is 3.14. The summed E-state index contributed by atoms with van der Waals surface area (Å²) >= 11 is 0. The number of aliphatic imine (C=N–C) groups is 1. The zero-order valence-corrected chi connectivity index (χ0v) is 18.5. The van der Waals surface area contributed by atoms with Gasteiger partial charge in [0.25, 0.3) is 0 Å². The van der Waals surface area contributed by atoms with E-state index in [0.29, 0.717) is 17.9 Å². The minimum absolute atomic E-state index is 0.322. The van der Waals surface area contributed by atoms with Gasteiger partial charge in [-0.2, -0.15) is 0 Å². The van der Waals surface area contributed by atoms with Crippen molar-refractivity contribution in [2.45, 2.75) is 65.3 Å². The first-order chi connectivity index (χ1) is 14.1. The topological polar surface area (TPSA) is 74.9 Å². The third kappa shape index (κ3) is 6.71. The summed E-state index contributed by atoms with van der Waals surface area (Å²) in [5.41, 5.74) is 1.31. The number of nitrogens with one attached hydrogen (secondary N) is 2. The Hall–Kier alpha value is -1.60. The molecular formula is C22H39N5O2. The van der Waals surface area contributed by atoms with E-state index in [1.54, 1.807) is 0 Å². The van der Waals surface area contributed by atoms with Crippen LogP contribution < -0.4 is 10.6 Å². The lowest BCUT2D eigenvalue weighted by atomic mass is 9.73. The van der Waals surface area contributed by atoms with E-state index in [9.17, 15) is 0 Å². The highest BCUT2D eigenvalue weighted by Crippen LogP contribution is 2.36. The van der Waals surface area contributed by atoms with Crippen LogP contribution in [0.3, 0.4) is 0 Å². The highest BCUT2D eigenvalue weighted by atomic mass is 16.5. The zero-order chi connectivity index (χ0) is 20.5. The highest BCUT2D eigenvalue weighted by molar-refractivity contribution is 5.79. The molecule has 0 bridgehead atoms. The van der Waals surface area contributed by atoms with Crippen molar-refractivity contribution in [2.24, 2.45) is 10.4 Å². The number of aromatic nitrogens is 1. The van der Waals surface area contributed by atoms with Crippen LogP contribution in [0.4, 0.5) is 0 Å². The summed E-state index contributed by atoms with van der Waals surface area (Å²) in [4.78, 5) is 7.33. The molecule has 1 aromatic rings. The number of rotatable bonds is 8. The molecule has 2 fully saturated rings. The molecule has 7 nitrogen and oxygen atoms in total. The maximum atomic E-state index is 5.54. The molecule has 0 amide bonds. The van der Waals surface area contributed by atoms with Crippen molar-refractivity contribution in [2.75, 3.05) is 45.9 Å². The number of nitrogens with zero attached hydrogens (tertiary/aromatic N) is 3. The Labute approximate surface area is 175 Å². The largest absolute Gasteiger partial charge is 0.379 e. The van der Waals surface area contributed by atoms with Crippen molar-refractivity contribution < 1.29 is 9.26 Å². The Morgan fingerprint density at radius 1 is 1.21 bits per heavy atom. The average Bonchev–Trinajstić information content (AvgIpc) is 3.21. The molecule has 0 aromatic carbocycles. The van der Waals surface area contributed by atoms with Crippen LogP contribution in [-0.2, 0) is 11.3 Å². The van der Waals surface area contributed by atoms with E-state index in [2.05, 4.69) is 41.5 Å². The monoisotopic (exact) mass is 405 g/mol. The second-order valence-electron chi connectivity index (χ2n) is 8.87. The molecule has 0 spiro atoms. The smallest absolute Gasteiger partial charge is 0.191 e. The molecule has 0 atom stereocenters. The molecular weight excluding hydrogens is 366 g/mol. The fraction of sp³-hybridized carbons (Fsp3) is 0.818. The molecule has 1 saturated carbocycles. The number of guanidine groups is 1. The average molecular weight is 406 g/mol. The third-order valence-electron chi connectivity index (χ3n) is 6.11. The summed E-state index contributed by atoms with van der Waals surface area (Å²) in [5, 5.41) is 11.2. The lowest BCUT2D eigenvalue weighted by Gasteiger charge is -2.42. The minimum atomic E-state index is 0.322. The zero-order valence-electron chi connectivity index (χ0n) is 18.5. The highest BCUT2D eigenvalue weighted by Gasteiger charge is 2.34. The van der Waals surface area contributed by atoms with Crippen LogP contribution in [0.1, 0.15) is 70.2 Å². The van der Waals surface area contributed by atoms with Crippen molar-refractivity contribution in [3.63, 3.8) is 0 Å². The standard InChI is InChI=1S/C22H39N5O2/c1-4-23-21(24-15-19-14-20(18(2)3)26-29-19)25-16-22(8-6-5-7-9-22)17-27-10-12-28-13-11-27/h14,18H,4-13,15-17H2,1-3H3,(H2,23,24,25). The first kappa shape index (κ1) is 22.1. The van der Waals surface area contributed by atoms with E-state index in [1.807, 2.05) is 6.07 Å². The fourth-order valence-corrected chi connectivity index (χ4v) is 4.37. The van der Waals surface area contributed by atoms with E-state index >= 15 is 0 Å². The van der Waals surface area contributed by atoms with Gasteiger partial charge >= 0.3 is 0 Å². The van der Waals surface area contributed by atoms with E-state index in [-0.39, 0.29) is 0 Å². The van der Waals surface area contributed by atoms with E-state index < -0.39 is 0 Å². The van der Waals surface area contributed by atoms with E-state index in [0.717, 1.165) is 63.4 Å². The van der Waals surface area contributed by atoms with Gasteiger partial charge in [0.2, 0.25) is 0 Å². The Balaban J connectivity index is 1.60. The van der Waals surface area contributed by atoms with Crippen LogP contribution in [0.25, 0.3) is 0 Å². The summed E-state index contributed by atoms with van der Waals surface area (Å²) in [7, 11) is 0. The molecule has 2 N–H and O–H groups in total. The van der Waals surface area contributed by atoms with Crippen LogP contribution >= 0.6 is 0 Å². The molecule has 0 unspecified atom stereocenters. The third-order valence-corrected chi connectivity index (χ3v) is 6.11. The van der Waals surface area contributed by atoms with Crippen molar-refractivity contribution in [1.82, 2.24) is 20.7 Å². The second-order valence-corrected chi connectivity index (χ2v) is 8.87. The molecule has 164 valence electrons. The summed E-state index contributed by atoms with van der Waals surface area (Å²) < 4.78 is 11.0. The first-order valence-electron chi connectivity index (χ1n) is 11.4. The second kappa shape index (κ2) is 11.0. The summed E-state index contributed by atoms with van der Waals surface area (Å²) in [6.45, 7) is 13.6. The molecule has 29 heavy (non-hydrogen) atoms. The van der Waals surface area contributed by atoms with Crippen molar-refractivity contribution in [1.29, 1.82) is 0 Å². The lowest BCUT2D eigenvalue weighted by Crippen LogP contribution is -2.51. The summed E-state index contributed by atoms with van der Waals surface area (Å²) in [6.07, 6.45) is 6.60. The van der Waals surface area contributed by atoms with Gasteiger partial charge in [0.1, 0.15) is 6.54 Å². The number of hydrogen-bond donors (Lipinski definition) is 2. The number of hydrogen-bond acceptors (Lipinski definition) is 5. The summed E-state index contributed by atoms with van der Waals surface area (Å²) in [6, 6.07) is 2.01. The summed E-state index contributed by atoms with van der Waals surface area (Å²) in [5.74, 6) is 2.04.